The van der Waals surface area contributed by atoms with Gasteiger partial charge in [0.25, 0.3) is 5.92 Å². The number of ether oxygens (including phenoxy) is 1. The largest absolute Gasteiger partial charge is 0.363 e. The van der Waals surface area contributed by atoms with E-state index in [0.717, 1.165) is 31.0 Å². The molecule has 0 unspecified atom stereocenters. The second kappa shape index (κ2) is 8.45. The summed E-state index contributed by atoms with van der Waals surface area (Å²) >= 11 is 7.37. The highest BCUT2D eigenvalue weighted by atomic mass is 35.5. The minimum absolute atomic E-state index is 0.0538. The van der Waals surface area contributed by atoms with Crippen molar-refractivity contribution in [2.45, 2.75) is 57.6 Å². The smallest absolute Gasteiger partial charge is 0.297 e. The van der Waals surface area contributed by atoms with Crippen molar-refractivity contribution in [3.8, 4) is 5.69 Å². The van der Waals surface area contributed by atoms with Crippen molar-refractivity contribution in [2.24, 2.45) is 0 Å². The van der Waals surface area contributed by atoms with Crippen molar-refractivity contribution >= 4 is 22.9 Å². The number of aryl methyl sites for hydroxylation is 1. The Labute approximate surface area is 202 Å². The van der Waals surface area contributed by atoms with Gasteiger partial charge in [-0.1, -0.05) is 43.6 Å². The van der Waals surface area contributed by atoms with Crippen LogP contribution in [-0.4, -0.2) is 34.4 Å². The van der Waals surface area contributed by atoms with Gasteiger partial charge in [-0.15, -0.1) is 11.3 Å². The lowest BCUT2D eigenvalue weighted by molar-refractivity contribution is -0.182. The van der Waals surface area contributed by atoms with Gasteiger partial charge in [-0.3, -0.25) is 4.90 Å². The van der Waals surface area contributed by atoms with Crippen molar-refractivity contribution in [3.05, 3.63) is 68.1 Å². The fourth-order valence-electron chi connectivity index (χ4n) is 4.99. The zero-order valence-electron chi connectivity index (χ0n) is 19.1. The Kier molecular flexibility index (Phi) is 5.88. The van der Waals surface area contributed by atoms with Crippen molar-refractivity contribution in [1.29, 1.82) is 0 Å². The molecule has 4 heterocycles. The number of halogens is 3. The Hall–Kier alpha value is -1.80. The molecular weight excluding hydrogens is 464 g/mol. The lowest BCUT2D eigenvalue weighted by Crippen LogP contribution is -2.48. The molecule has 4 nitrogen and oxygen atoms in total. The minimum atomic E-state index is -2.97. The third-order valence-corrected chi connectivity index (χ3v) is 8.35. The minimum Gasteiger partial charge on any atom is -0.363 e. The van der Waals surface area contributed by atoms with E-state index in [9.17, 15) is 8.78 Å². The van der Waals surface area contributed by atoms with Gasteiger partial charge in [-0.2, -0.15) is 13.9 Å². The number of aromatic nitrogens is 2. The van der Waals surface area contributed by atoms with Crippen LogP contribution in [0.15, 0.2) is 36.5 Å². The molecule has 0 aliphatic carbocycles. The van der Waals surface area contributed by atoms with E-state index >= 15 is 0 Å². The number of hydrogen-bond acceptors (Lipinski definition) is 4. The summed E-state index contributed by atoms with van der Waals surface area (Å²) in [6.07, 6.45) is 3.47. The van der Waals surface area contributed by atoms with Crippen LogP contribution >= 0.6 is 22.9 Å². The monoisotopic (exact) mass is 491 g/mol. The summed E-state index contributed by atoms with van der Waals surface area (Å²) in [6.45, 7) is 8.17. The molecule has 0 atom stereocenters. The molecule has 2 aromatic heterocycles. The highest BCUT2D eigenvalue weighted by molar-refractivity contribution is 7.16. The lowest BCUT2D eigenvalue weighted by Gasteiger charge is -2.45. The first-order chi connectivity index (χ1) is 15.7. The van der Waals surface area contributed by atoms with Crippen molar-refractivity contribution in [2.75, 3.05) is 19.7 Å². The first kappa shape index (κ1) is 23.0. The van der Waals surface area contributed by atoms with E-state index in [1.165, 1.54) is 28.5 Å². The van der Waals surface area contributed by atoms with Crippen LogP contribution < -0.4 is 0 Å². The maximum atomic E-state index is 14.4. The summed E-state index contributed by atoms with van der Waals surface area (Å²) < 4.78 is 37.0. The molecule has 1 aromatic carbocycles. The molecule has 1 fully saturated rings. The molecule has 0 N–H and O–H groups in total. The predicted molar refractivity (Wildman–Crippen MR) is 128 cm³/mol. The number of benzene rings is 1. The summed E-state index contributed by atoms with van der Waals surface area (Å²) in [5.41, 5.74) is 3.97. The standard InChI is InChI=1S/C25H28ClF2N3OS/c1-16(2)19-6-4-5-7-21(19)31-14-18(17(3)29-31)13-30-10-8-24(9-11-30)23-20(12-22(26)33-23)25(27,28)15-32-24/h4-7,12,14,16H,8-11,13,15H2,1-3H3. The van der Waals surface area contributed by atoms with Gasteiger partial charge in [0.1, 0.15) is 12.2 Å². The Balaban J connectivity index is 1.32. The van der Waals surface area contributed by atoms with E-state index in [2.05, 4.69) is 43.1 Å². The zero-order valence-corrected chi connectivity index (χ0v) is 20.6. The maximum Gasteiger partial charge on any atom is 0.297 e. The molecule has 33 heavy (non-hydrogen) atoms. The second-order valence-corrected chi connectivity index (χ2v) is 11.1. The quantitative estimate of drug-likeness (QED) is 0.410. The summed E-state index contributed by atoms with van der Waals surface area (Å²) in [7, 11) is 0. The van der Waals surface area contributed by atoms with Gasteiger partial charge in [0, 0.05) is 41.8 Å². The summed E-state index contributed by atoms with van der Waals surface area (Å²) in [5.74, 6) is -2.56. The SMILES string of the molecule is Cc1nn(-c2ccccc2C(C)C)cc1CN1CCC2(CC1)OCC(F)(F)c1cc(Cl)sc12. The lowest BCUT2D eigenvalue weighted by atomic mass is 9.84. The molecule has 0 bridgehead atoms. The van der Waals surface area contributed by atoms with Gasteiger partial charge in [0.15, 0.2) is 0 Å². The normalized spacial score (nSPS) is 19.8. The van der Waals surface area contributed by atoms with Crippen molar-refractivity contribution in [1.82, 2.24) is 14.7 Å². The molecule has 5 rings (SSSR count). The van der Waals surface area contributed by atoms with Gasteiger partial charge in [-0.25, -0.2) is 4.68 Å². The number of piperidine rings is 1. The molecule has 2 aliphatic rings. The molecule has 0 saturated carbocycles. The molecule has 176 valence electrons. The van der Waals surface area contributed by atoms with Crippen LogP contribution in [0.1, 0.15) is 59.9 Å². The number of rotatable bonds is 4. The fourth-order valence-corrected chi connectivity index (χ4v) is 6.47. The number of likely N-dealkylation sites (tertiary alicyclic amines) is 1. The molecule has 1 saturated heterocycles. The molecule has 3 aromatic rings. The molecule has 0 amide bonds. The average Bonchev–Trinajstić information content (AvgIpc) is 3.37. The highest BCUT2D eigenvalue weighted by Gasteiger charge is 2.51. The van der Waals surface area contributed by atoms with Gasteiger partial charge < -0.3 is 4.74 Å². The van der Waals surface area contributed by atoms with E-state index in [1.54, 1.807) is 0 Å². The van der Waals surface area contributed by atoms with E-state index < -0.39 is 18.1 Å². The number of fused-ring (bicyclic) bond motifs is 2. The summed E-state index contributed by atoms with van der Waals surface area (Å²) in [4.78, 5) is 2.97. The van der Waals surface area contributed by atoms with Crippen LogP contribution in [-0.2, 0) is 22.8 Å². The molecule has 0 radical (unpaired) electrons. The number of thiophene rings is 1. The van der Waals surface area contributed by atoms with Crippen LogP contribution in [0.3, 0.4) is 0 Å². The Bertz CT molecular complexity index is 1160. The zero-order chi connectivity index (χ0) is 23.4. The first-order valence-corrected chi connectivity index (χ1v) is 12.6. The van der Waals surface area contributed by atoms with Crippen molar-refractivity contribution < 1.29 is 13.5 Å². The topological polar surface area (TPSA) is 30.3 Å². The average molecular weight is 492 g/mol. The Morgan fingerprint density at radius 2 is 1.94 bits per heavy atom. The van der Waals surface area contributed by atoms with Crippen molar-refractivity contribution in [3.63, 3.8) is 0 Å². The molecule has 8 heteroatoms. The van der Waals surface area contributed by atoms with Gasteiger partial charge in [0.05, 0.1) is 15.7 Å². The third-order valence-electron chi connectivity index (χ3n) is 6.90. The summed E-state index contributed by atoms with van der Waals surface area (Å²) in [6, 6.07) is 9.79. The van der Waals surface area contributed by atoms with Gasteiger partial charge >= 0.3 is 0 Å². The van der Waals surface area contributed by atoms with E-state index in [1.807, 2.05) is 17.7 Å². The highest BCUT2D eigenvalue weighted by Crippen LogP contribution is 2.52. The van der Waals surface area contributed by atoms with Gasteiger partial charge in [0.2, 0.25) is 0 Å². The van der Waals surface area contributed by atoms with Crippen LogP contribution in [0.25, 0.3) is 5.69 Å². The first-order valence-electron chi connectivity index (χ1n) is 11.4. The fraction of sp³-hybridized carbons (Fsp3) is 0.480. The van der Waals surface area contributed by atoms with E-state index in [-0.39, 0.29) is 5.56 Å². The van der Waals surface area contributed by atoms with Gasteiger partial charge in [-0.05, 0) is 43.4 Å². The number of nitrogens with zero attached hydrogens (tertiary/aromatic N) is 3. The molecule has 2 aliphatic heterocycles. The predicted octanol–water partition coefficient (Wildman–Crippen LogP) is 6.63. The number of para-hydroxylation sites is 1. The molecular formula is C25H28ClF2N3OS. The maximum absolute atomic E-state index is 14.4. The second-order valence-electron chi connectivity index (χ2n) is 9.45. The summed E-state index contributed by atoms with van der Waals surface area (Å²) in [5, 5.41) is 4.79. The van der Waals surface area contributed by atoms with Crippen LogP contribution in [0.4, 0.5) is 8.78 Å². The Morgan fingerprint density at radius 1 is 1.21 bits per heavy atom. The van der Waals surface area contributed by atoms with Crippen LogP contribution in [0.5, 0.6) is 0 Å². The van der Waals surface area contributed by atoms with Crippen LogP contribution in [0, 0.1) is 6.92 Å². The number of alkyl halides is 2. The van der Waals surface area contributed by atoms with E-state index in [0.29, 0.717) is 28.0 Å². The Morgan fingerprint density at radius 3 is 2.67 bits per heavy atom. The number of hydrogen-bond donors (Lipinski definition) is 0. The van der Waals surface area contributed by atoms with E-state index in [4.69, 9.17) is 21.4 Å². The van der Waals surface area contributed by atoms with Crippen LogP contribution in [0.2, 0.25) is 4.34 Å². The third kappa shape index (κ3) is 4.14. The molecule has 1 spiro atoms.